The number of benzene rings is 9. The predicted molar refractivity (Wildman–Crippen MR) is 194 cm³/mol. The average Bonchev–Trinajstić information content (AvgIpc) is 3.23. The van der Waals surface area contributed by atoms with Crippen molar-refractivity contribution in [3.05, 3.63) is 157 Å². The monoisotopic (exact) mass is 600 g/mol. The molecule has 0 amide bonds. The normalized spacial score (nSPS) is 16.7. The van der Waals surface area contributed by atoms with Crippen LogP contribution < -0.4 is 0 Å². The van der Waals surface area contributed by atoms with Crippen LogP contribution in [-0.4, -0.2) is 0 Å². The second-order valence-corrected chi connectivity index (χ2v) is 12.1. The lowest BCUT2D eigenvalue weighted by Gasteiger charge is -2.22. The zero-order chi connectivity index (χ0) is 41.7. The van der Waals surface area contributed by atoms with Gasteiger partial charge in [-0.25, -0.2) is 0 Å². The highest BCUT2D eigenvalue weighted by atomic mass is 32.2. The Kier molecular flexibility index (Phi) is 3.20. The second kappa shape index (κ2) is 9.56. The van der Waals surface area contributed by atoms with E-state index in [4.69, 9.17) is 16.4 Å². The van der Waals surface area contributed by atoms with Gasteiger partial charge in [0.05, 0.1) is 19.2 Å². The summed E-state index contributed by atoms with van der Waals surface area (Å²) in [5.74, 6) is 0. The molecule has 0 unspecified atom stereocenters. The van der Waals surface area contributed by atoms with Crippen molar-refractivity contribution in [2.24, 2.45) is 0 Å². The highest BCUT2D eigenvalue weighted by Gasteiger charge is 2.21. The molecule has 0 nitrogen and oxygen atoms in total. The Morgan fingerprint density at radius 2 is 1.11 bits per heavy atom. The fraction of sp³-hybridized carbons (Fsp3) is 0. The minimum atomic E-state index is -0.519. The van der Waals surface area contributed by atoms with E-state index in [2.05, 4.69) is 0 Å². The summed E-state index contributed by atoms with van der Waals surface area (Å²) in [6.45, 7) is 0. The van der Waals surface area contributed by atoms with Gasteiger partial charge in [-0.3, -0.25) is 0 Å². The van der Waals surface area contributed by atoms with Crippen molar-refractivity contribution in [1.29, 1.82) is 0 Å². The standard InChI is InChI=1S/C44H26S/c1-2-7-27(8-3-1)34-22-24-41-44-36(34)13-6-14-37(44)39-26-32(19-23-40(39)45-41)31-11-5-12-33(25-31)35-20-17-30-16-15-28-9-4-10-29-18-21-38(35)43(30)42(28)29/h1-26H/i1D,2D,3D,4D,7D,8D,9D,10D,15D,16D,17D,18D,20D,21D. The fourth-order valence-electron chi connectivity index (χ4n) is 6.55. The first kappa shape index (κ1) is 15.1. The molecule has 0 atom stereocenters. The van der Waals surface area contributed by atoms with E-state index < -0.39 is 54.4 Å². The van der Waals surface area contributed by atoms with Gasteiger partial charge in [0.15, 0.2) is 0 Å². The summed E-state index contributed by atoms with van der Waals surface area (Å²) in [4.78, 5) is 1.94. The van der Waals surface area contributed by atoms with Crippen LogP contribution in [0.4, 0.5) is 0 Å². The van der Waals surface area contributed by atoms with Crippen LogP contribution in [0.1, 0.15) is 19.2 Å². The molecule has 45 heavy (non-hydrogen) atoms. The van der Waals surface area contributed by atoms with Crippen LogP contribution in [0, 0.1) is 0 Å². The van der Waals surface area contributed by atoms with Gasteiger partial charge in [0.25, 0.3) is 0 Å². The first-order chi connectivity index (χ1) is 28.1. The molecule has 0 saturated heterocycles. The summed E-state index contributed by atoms with van der Waals surface area (Å²) in [5.41, 5.74) is 4.66. The molecule has 0 N–H and O–H groups in total. The van der Waals surface area contributed by atoms with E-state index in [-0.39, 0.29) is 73.7 Å². The maximum atomic E-state index is 9.24. The van der Waals surface area contributed by atoms with E-state index in [0.717, 1.165) is 42.8 Å². The van der Waals surface area contributed by atoms with Crippen molar-refractivity contribution in [2.75, 3.05) is 0 Å². The maximum Gasteiger partial charge on any atom is 0.0630 e. The van der Waals surface area contributed by atoms with Crippen molar-refractivity contribution in [3.8, 4) is 44.5 Å². The van der Waals surface area contributed by atoms with Gasteiger partial charge in [-0.2, -0.15) is 0 Å². The Hall–Kier alpha value is -5.37. The lowest BCUT2D eigenvalue weighted by atomic mass is 9.88. The van der Waals surface area contributed by atoms with Crippen LogP contribution in [-0.2, 0) is 0 Å². The van der Waals surface area contributed by atoms with Crippen LogP contribution in [0.5, 0.6) is 0 Å². The maximum absolute atomic E-state index is 9.24. The summed E-state index contributed by atoms with van der Waals surface area (Å²) >= 11 is 1.57. The molecule has 1 heteroatoms. The quantitative estimate of drug-likeness (QED) is 0.182. The van der Waals surface area contributed by atoms with Crippen molar-refractivity contribution >= 4 is 54.9 Å². The Morgan fingerprint density at radius 3 is 2.00 bits per heavy atom. The second-order valence-electron chi connectivity index (χ2n) is 11.0. The van der Waals surface area contributed by atoms with Crippen molar-refractivity contribution < 1.29 is 19.2 Å². The van der Waals surface area contributed by atoms with Crippen LogP contribution >= 0.6 is 11.8 Å². The topological polar surface area (TPSA) is 0 Å². The van der Waals surface area contributed by atoms with E-state index in [0.29, 0.717) is 11.1 Å². The molecule has 0 saturated carbocycles. The largest absolute Gasteiger partial charge is 0.0888 e. The number of fused-ring (bicyclic) bond motifs is 2. The first-order valence-corrected chi connectivity index (χ1v) is 15.2. The number of hydrogen-bond acceptors (Lipinski definition) is 1. The Labute approximate surface area is 285 Å². The summed E-state index contributed by atoms with van der Waals surface area (Å²) < 4.78 is 122. The van der Waals surface area contributed by atoms with Gasteiger partial charge in [0, 0.05) is 15.2 Å². The number of rotatable bonds is 3. The zero-order valence-electron chi connectivity index (χ0n) is 37.3. The van der Waals surface area contributed by atoms with Crippen LogP contribution in [0.25, 0.3) is 87.6 Å². The molecule has 0 aliphatic carbocycles. The third-order valence-electron chi connectivity index (χ3n) is 8.56. The van der Waals surface area contributed by atoms with Crippen molar-refractivity contribution in [3.63, 3.8) is 0 Å². The smallest absolute Gasteiger partial charge is 0.0630 e. The molecule has 0 bridgehead atoms. The molecule has 9 aromatic rings. The molecule has 208 valence electrons. The lowest BCUT2D eigenvalue weighted by Crippen LogP contribution is -1.95. The Morgan fingerprint density at radius 1 is 0.378 bits per heavy atom. The number of hydrogen-bond donors (Lipinski definition) is 0. The Balaban J connectivity index is 1.18. The average molecular weight is 601 g/mol. The van der Waals surface area contributed by atoms with Crippen molar-refractivity contribution in [1.82, 2.24) is 0 Å². The van der Waals surface area contributed by atoms with Gasteiger partial charge >= 0.3 is 0 Å². The minimum absolute atomic E-state index is 0.0752. The molecular weight excluding hydrogens is 561 g/mol. The summed E-state index contributed by atoms with van der Waals surface area (Å²) in [6.07, 6.45) is 0. The van der Waals surface area contributed by atoms with Crippen molar-refractivity contribution in [2.45, 2.75) is 9.79 Å². The van der Waals surface area contributed by atoms with E-state index in [9.17, 15) is 2.74 Å². The third-order valence-corrected chi connectivity index (χ3v) is 9.69. The molecule has 1 heterocycles. The van der Waals surface area contributed by atoms with Crippen LogP contribution in [0.15, 0.2) is 167 Å². The molecule has 0 radical (unpaired) electrons. The zero-order valence-corrected chi connectivity index (χ0v) is 24.2. The van der Waals surface area contributed by atoms with Crippen LogP contribution in [0.2, 0.25) is 0 Å². The molecule has 1 aliphatic heterocycles. The van der Waals surface area contributed by atoms with Gasteiger partial charge in [-0.1, -0.05) is 145 Å². The first-order valence-electron chi connectivity index (χ1n) is 21.4. The van der Waals surface area contributed by atoms with Gasteiger partial charge in [-0.05, 0) is 106 Å². The highest BCUT2D eigenvalue weighted by Crippen LogP contribution is 2.50. The predicted octanol–water partition coefficient (Wildman–Crippen LogP) is 12.9. The molecule has 0 fully saturated rings. The highest BCUT2D eigenvalue weighted by molar-refractivity contribution is 7.99. The third kappa shape index (κ3) is 3.75. The minimum Gasteiger partial charge on any atom is -0.0888 e. The molecule has 0 spiro atoms. The molecule has 10 rings (SSSR count). The van der Waals surface area contributed by atoms with E-state index in [1.54, 1.807) is 23.9 Å². The van der Waals surface area contributed by atoms with E-state index >= 15 is 0 Å². The molecular formula is C44H26S. The van der Waals surface area contributed by atoms with Crippen LogP contribution in [0.3, 0.4) is 0 Å². The van der Waals surface area contributed by atoms with E-state index in [1.807, 2.05) is 60.7 Å². The summed E-state index contributed by atoms with van der Waals surface area (Å²) in [6, 6.07) is 17.3. The van der Waals surface area contributed by atoms with Gasteiger partial charge < -0.3 is 0 Å². The van der Waals surface area contributed by atoms with E-state index in [1.165, 1.54) is 0 Å². The SMILES string of the molecule is [2H]c1c([2H])c([2H])c(-c2ccc3c4c(cccc24)-c2cc(-c4cccc(-c5c([2H])c([2H])c6c([2H])c([2H])c7c([2H])c([2H])c([2H])c8c([2H])c([2H])c5c6c78)c4)ccc2S3)c([2H])c1[2H]. The van der Waals surface area contributed by atoms with Gasteiger partial charge in [0.1, 0.15) is 0 Å². The lowest BCUT2D eigenvalue weighted by molar-refractivity contribution is 1.39. The Bertz CT molecular complexity index is 3360. The molecule has 0 aromatic heterocycles. The molecule has 9 aromatic carbocycles. The summed E-state index contributed by atoms with van der Waals surface area (Å²) in [7, 11) is 0. The van der Waals surface area contributed by atoms with Gasteiger partial charge in [0.2, 0.25) is 0 Å². The summed E-state index contributed by atoms with van der Waals surface area (Å²) in [5, 5.41) is 1.72. The molecule has 1 aliphatic rings. The van der Waals surface area contributed by atoms with Gasteiger partial charge in [-0.15, -0.1) is 0 Å². The fourth-order valence-corrected chi connectivity index (χ4v) is 7.66.